The number of carbonyl (C=O) groups excluding carboxylic acids is 1. The Hall–Kier alpha value is -1.95. The van der Waals surface area contributed by atoms with Crippen LogP contribution in [-0.2, 0) is 17.9 Å². The molecule has 1 aromatic heterocycles. The smallest absolute Gasteiger partial charge is 0.219 e. The number of aryl methyl sites for hydroxylation is 1. The predicted molar refractivity (Wildman–Crippen MR) is 92.1 cm³/mol. The molecule has 3 rings (SSSR count). The van der Waals surface area contributed by atoms with E-state index in [1.54, 1.807) is 6.07 Å². The highest BCUT2D eigenvalue weighted by Gasteiger charge is 2.23. The predicted octanol–water partition coefficient (Wildman–Crippen LogP) is 2.69. The van der Waals surface area contributed by atoms with E-state index >= 15 is 0 Å². The minimum atomic E-state index is -0.271. The average Bonchev–Trinajstić information content (AvgIpc) is 2.93. The number of hydrogen-bond donors (Lipinski definition) is 1. The third kappa shape index (κ3) is 3.43. The Kier molecular flexibility index (Phi) is 5.14. The lowest BCUT2D eigenvalue weighted by atomic mass is 10.1. The topological polar surface area (TPSA) is 50.2 Å². The highest BCUT2D eigenvalue weighted by atomic mass is 19.1. The molecule has 2 aromatic rings. The van der Waals surface area contributed by atoms with Crippen LogP contribution in [0.25, 0.3) is 11.0 Å². The van der Waals surface area contributed by atoms with Gasteiger partial charge in [0.05, 0.1) is 12.1 Å². The average molecular weight is 332 g/mol. The van der Waals surface area contributed by atoms with Crippen molar-refractivity contribution in [3.63, 3.8) is 0 Å². The van der Waals surface area contributed by atoms with Crippen molar-refractivity contribution in [3.05, 3.63) is 29.8 Å². The molecule has 0 unspecified atom stereocenters. The van der Waals surface area contributed by atoms with E-state index in [0.717, 1.165) is 43.8 Å². The molecule has 1 amide bonds. The number of halogens is 1. The van der Waals surface area contributed by atoms with Crippen LogP contribution >= 0.6 is 0 Å². The highest BCUT2D eigenvalue weighted by molar-refractivity contribution is 5.77. The number of nitrogens with one attached hydrogen (secondary N) is 1. The maximum Gasteiger partial charge on any atom is 0.219 e. The van der Waals surface area contributed by atoms with Crippen molar-refractivity contribution in [1.82, 2.24) is 19.8 Å². The van der Waals surface area contributed by atoms with E-state index < -0.39 is 0 Å². The molecular weight excluding hydrogens is 307 g/mol. The van der Waals surface area contributed by atoms with Gasteiger partial charge in [0.25, 0.3) is 0 Å². The molecule has 130 valence electrons. The van der Waals surface area contributed by atoms with Gasteiger partial charge in [0, 0.05) is 25.6 Å². The number of benzene rings is 1. The van der Waals surface area contributed by atoms with Gasteiger partial charge in [-0.25, -0.2) is 9.37 Å². The van der Waals surface area contributed by atoms with Gasteiger partial charge in [0.1, 0.15) is 11.3 Å². The SMILES string of the molecule is CCC(=O)N[C@H]1CCCN(Cc2nc3c(F)cccc3n2CC)C1. The van der Waals surface area contributed by atoms with Crippen LogP contribution in [0.2, 0.25) is 0 Å². The number of piperidine rings is 1. The van der Waals surface area contributed by atoms with Crippen LogP contribution in [0.4, 0.5) is 4.39 Å². The fourth-order valence-electron chi connectivity index (χ4n) is 3.48. The maximum absolute atomic E-state index is 14.0. The van der Waals surface area contributed by atoms with Gasteiger partial charge in [-0.1, -0.05) is 13.0 Å². The molecule has 0 aliphatic carbocycles. The van der Waals surface area contributed by atoms with Gasteiger partial charge < -0.3 is 9.88 Å². The Morgan fingerprint density at radius 3 is 3.00 bits per heavy atom. The van der Waals surface area contributed by atoms with Crippen molar-refractivity contribution < 1.29 is 9.18 Å². The lowest BCUT2D eigenvalue weighted by Crippen LogP contribution is -2.47. The molecule has 1 aromatic carbocycles. The number of amides is 1. The second-order valence-electron chi connectivity index (χ2n) is 6.38. The summed E-state index contributed by atoms with van der Waals surface area (Å²) in [7, 11) is 0. The summed E-state index contributed by atoms with van der Waals surface area (Å²) >= 11 is 0. The maximum atomic E-state index is 14.0. The number of nitrogens with zero attached hydrogens (tertiary/aromatic N) is 3. The molecule has 1 atom stereocenters. The first-order valence-corrected chi connectivity index (χ1v) is 8.77. The summed E-state index contributed by atoms with van der Waals surface area (Å²) in [5.41, 5.74) is 1.29. The zero-order valence-corrected chi connectivity index (χ0v) is 14.4. The summed E-state index contributed by atoms with van der Waals surface area (Å²) in [6.45, 7) is 7.17. The van der Waals surface area contributed by atoms with Crippen molar-refractivity contribution in [3.8, 4) is 0 Å². The number of imidazole rings is 1. The largest absolute Gasteiger partial charge is 0.352 e. The minimum Gasteiger partial charge on any atom is -0.352 e. The molecule has 1 aliphatic heterocycles. The molecule has 1 aliphatic rings. The summed E-state index contributed by atoms with van der Waals surface area (Å²) in [5.74, 6) is 0.720. The van der Waals surface area contributed by atoms with Crippen LogP contribution in [-0.4, -0.2) is 39.5 Å². The summed E-state index contributed by atoms with van der Waals surface area (Å²) in [6.07, 6.45) is 2.58. The minimum absolute atomic E-state index is 0.102. The van der Waals surface area contributed by atoms with Crippen molar-refractivity contribution in [2.75, 3.05) is 13.1 Å². The Labute approximate surface area is 141 Å². The van der Waals surface area contributed by atoms with E-state index in [1.807, 2.05) is 13.0 Å². The highest BCUT2D eigenvalue weighted by Crippen LogP contribution is 2.21. The first kappa shape index (κ1) is 16.9. The summed E-state index contributed by atoms with van der Waals surface area (Å²) in [6, 6.07) is 5.30. The van der Waals surface area contributed by atoms with E-state index in [1.165, 1.54) is 6.07 Å². The monoisotopic (exact) mass is 332 g/mol. The van der Waals surface area contributed by atoms with E-state index in [0.29, 0.717) is 18.5 Å². The zero-order valence-electron chi connectivity index (χ0n) is 14.4. The lowest BCUT2D eigenvalue weighted by molar-refractivity contribution is -0.121. The molecule has 1 saturated heterocycles. The van der Waals surface area contributed by atoms with Crippen LogP contribution in [0.3, 0.4) is 0 Å². The summed E-state index contributed by atoms with van der Waals surface area (Å²) in [5, 5.41) is 3.08. The second kappa shape index (κ2) is 7.30. The molecule has 1 N–H and O–H groups in total. The zero-order chi connectivity index (χ0) is 17.1. The third-order valence-corrected chi connectivity index (χ3v) is 4.68. The van der Waals surface area contributed by atoms with E-state index in [-0.39, 0.29) is 17.8 Å². The molecule has 24 heavy (non-hydrogen) atoms. The Morgan fingerprint density at radius 2 is 2.25 bits per heavy atom. The van der Waals surface area contributed by atoms with Crippen LogP contribution in [0.5, 0.6) is 0 Å². The lowest BCUT2D eigenvalue weighted by Gasteiger charge is -2.32. The quantitative estimate of drug-likeness (QED) is 0.916. The number of para-hydroxylation sites is 1. The molecule has 0 bridgehead atoms. The van der Waals surface area contributed by atoms with Gasteiger partial charge in [-0.2, -0.15) is 0 Å². The summed E-state index contributed by atoms with van der Waals surface area (Å²) < 4.78 is 16.1. The van der Waals surface area contributed by atoms with Crippen molar-refractivity contribution >= 4 is 16.9 Å². The fraction of sp³-hybridized carbons (Fsp3) is 0.556. The molecule has 5 nitrogen and oxygen atoms in total. The Morgan fingerprint density at radius 1 is 1.42 bits per heavy atom. The second-order valence-corrected chi connectivity index (χ2v) is 6.38. The van der Waals surface area contributed by atoms with Gasteiger partial charge in [0.2, 0.25) is 5.91 Å². The van der Waals surface area contributed by atoms with Gasteiger partial charge in [-0.3, -0.25) is 9.69 Å². The first-order valence-electron chi connectivity index (χ1n) is 8.77. The van der Waals surface area contributed by atoms with Gasteiger partial charge in [0.15, 0.2) is 5.82 Å². The number of rotatable bonds is 5. The number of hydrogen-bond acceptors (Lipinski definition) is 3. The van der Waals surface area contributed by atoms with Gasteiger partial charge in [-0.15, -0.1) is 0 Å². The summed E-state index contributed by atoms with van der Waals surface area (Å²) in [4.78, 5) is 18.5. The standard InChI is InChI=1S/C18H25FN4O/c1-3-17(24)20-13-7-6-10-22(11-13)12-16-21-18-14(19)8-5-9-15(18)23(16)4-2/h5,8-9,13H,3-4,6-7,10-12H2,1-2H3,(H,20,24)/t13-/m0/s1. The molecule has 6 heteroatoms. The van der Waals surface area contributed by atoms with Crippen molar-refractivity contribution in [2.24, 2.45) is 0 Å². The normalized spacial score (nSPS) is 18.9. The van der Waals surface area contributed by atoms with E-state index in [2.05, 4.69) is 26.7 Å². The number of aromatic nitrogens is 2. The van der Waals surface area contributed by atoms with Crippen LogP contribution < -0.4 is 5.32 Å². The molecule has 0 saturated carbocycles. The first-order chi connectivity index (χ1) is 11.6. The van der Waals surface area contributed by atoms with Gasteiger partial charge in [-0.05, 0) is 38.4 Å². The Bertz CT molecular complexity index is 727. The van der Waals surface area contributed by atoms with E-state index in [9.17, 15) is 9.18 Å². The van der Waals surface area contributed by atoms with Crippen LogP contribution in [0.1, 0.15) is 38.9 Å². The number of carbonyl (C=O) groups is 1. The molecule has 1 fully saturated rings. The third-order valence-electron chi connectivity index (χ3n) is 4.68. The molecule has 2 heterocycles. The number of likely N-dealkylation sites (tertiary alicyclic amines) is 1. The molecule has 0 radical (unpaired) electrons. The van der Waals surface area contributed by atoms with Crippen LogP contribution in [0, 0.1) is 5.82 Å². The van der Waals surface area contributed by atoms with Gasteiger partial charge >= 0.3 is 0 Å². The Balaban J connectivity index is 1.77. The van der Waals surface area contributed by atoms with Crippen molar-refractivity contribution in [2.45, 2.75) is 52.2 Å². The van der Waals surface area contributed by atoms with E-state index in [4.69, 9.17) is 0 Å². The van der Waals surface area contributed by atoms with Crippen molar-refractivity contribution in [1.29, 1.82) is 0 Å². The number of fused-ring (bicyclic) bond motifs is 1. The van der Waals surface area contributed by atoms with Crippen LogP contribution in [0.15, 0.2) is 18.2 Å². The fourth-order valence-corrected chi connectivity index (χ4v) is 3.48. The molecule has 0 spiro atoms. The molecular formula is C18H25FN4O.